The van der Waals surface area contributed by atoms with Crippen molar-refractivity contribution < 1.29 is 0 Å². The summed E-state index contributed by atoms with van der Waals surface area (Å²) in [5, 5.41) is 4.51. The highest BCUT2D eigenvalue weighted by molar-refractivity contribution is 9.10. The van der Waals surface area contributed by atoms with Gasteiger partial charge >= 0.3 is 0 Å². The van der Waals surface area contributed by atoms with E-state index in [-0.39, 0.29) is 0 Å². The molecule has 1 aromatic rings. The average Bonchev–Trinajstić information content (AvgIpc) is 2.59. The Balaban J connectivity index is 2.25. The van der Waals surface area contributed by atoms with E-state index in [1.54, 1.807) is 0 Å². The SMILES string of the molecule is CCn1nc(C)c(Br)c1C=C1CCC(N)CC1. The van der Waals surface area contributed by atoms with Crippen LogP contribution in [0, 0.1) is 6.92 Å². The highest BCUT2D eigenvalue weighted by Gasteiger charge is 2.15. The molecule has 0 bridgehead atoms. The van der Waals surface area contributed by atoms with Gasteiger partial charge in [-0.25, -0.2) is 0 Å². The zero-order valence-electron chi connectivity index (χ0n) is 10.5. The number of halogens is 1. The summed E-state index contributed by atoms with van der Waals surface area (Å²) in [5.41, 5.74) is 9.69. The Morgan fingerprint density at radius 2 is 2.12 bits per heavy atom. The molecule has 1 fully saturated rings. The van der Waals surface area contributed by atoms with Gasteiger partial charge in [-0.05, 0) is 61.5 Å². The summed E-state index contributed by atoms with van der Waals surface area (Å²) in [6.45, 7) is 5.07. The lowest BCUT2D eigenvalue weighted by Crippen LogP contribution is -2.23. The molecule has 0 aromatic carbocycles. The fourth-order valence-corrected chi connectivity index (χ4v) is 2.70. The van der Waals surface area contributed by atoms with Crippen molar-refractivity contribution in [1.82, 2.24) is 9.78 Å². The first-order valence-corrected chi connectivity index (χ1v) is 7.09. The quantitative estimate of drug-likeness (QED) is 0.910. The molecule has 0 atom stereocenters. The molecule has 1 aromatic heterocycles. The van der Waals surface area contributed by atoms with E-state index in [1.807, 2.05) is 6.92 Å². The van der Waals surface area contributed by atoms with Crippen LogP contribution < -0.4 is 5.73 Å². The third-order valence-electron chi connectivity index (χ3n) is 3.40. The second-order valence-electron chi connectivity index (χ2n) is 4.74. The Morgan fingerprint density at radius 3 is 2.71 bits per heavy atom. The second kappa shape index (κ2) is 5.36. The smallest absolute Gasteiger partial charge is 0.0754 e. The molecule has 0 spiro atoms. The lowest BCUT2D eigenvalue weighted by molar-refractivity contribution is 0.513. The molecule has 1 heterocycles. The molecule has 2 rings (SSSR count). The van der Waals surface area contributed by atoms with E-state index in [0.717, 1.165) is 42.4 Å². The molecule has 17 heavy (non-hydrogen) atoms. The second-order valence-corrected chi connectivity index (χ2v) is 5.53. The van der Waals surface area contributed by atoms with Crippen LogP contribution in [0.3, 0.4) is 0 Å². The van der Waals surface area contributed by atoms with Gasteiger partial charge in [0.15, 0.2) is 0 Å². The summed E-state index contributed by atoms with van der Waals surface area (Å²) in [5.74, 6) is 0. The Hall–Kier alpha value is -0.610. The molecule has 1 saturated carbocycles. The number of aryl methyl sites for hydroxylation is 2. The van der Waals surface area contributed by atoms with Crippen LogP contribution in [0.2, 0.25) is 0 Å². The van der Waals surface area contributed by atoms with E-state index in [2.05, 4.69) is 38.7 Å². The summed E-state index contributed by atoms with van der Waals surface area (Å²) < 4.78 is 3.18. The van der Waals surface area contributed by atoms with Gasteiger partial charge in [0, 0.05) is 12.6 Å². The summed E-state index contributed by atoms with van der Waals surface area (Å²) >= 11 is 3.63. The van der Waals surface area contributed by atoms with Crippen LogP contribution in [-0.4, -0.2) is 15.8 Å². The number of nitrogens with zero attached hydrogens (tertiary/aromatic N) is 2. The van der Waals surface area contributed by atoms with E-state index in [0.29, 0.717) is 6.04 Å². The maximum Gasteiger partial charge on any atom is 0.0754 e. The van der Waals surface area contributed by atoms with Crippen molar-refractivity contribution >= 4 is 22.0 Å². The number of rotatable bonds is 2. The van der Waals surface area contributed by atoms with E-state index < -0.39 is 0 Å². The normalized spacial score (nSPS) is 20.7. The third-order valence-corrected chi connectivity index (χ3v) is 4.38. The highest BCUT2D eigenvalue weighted by Crippen LogP contribution is 2.28. The summed E-state index contributed by atoms with van der Waals surface area (Å²) in [7, 11) is 0. The van der Waals surface area contributed by atoms with Crippen LogP contribution in [0.15, 0.2) is 10.0 Å². The van der Waals surface area contributed by atoms with Crippen molar-refractivity contribution in [2.45, 2.75) is 52.1 Å². The molecular weight excluding hydrogens is 278 g/mol. The summed E-state index contributed by atoms with van der Waals surface area (Å²) in [4.78, 5) is 0. The number of hydrogen-bond donors (Lipinski definition) is 1. The Labute approximate surface area is 111 Å². The first-order chi connectivity index (χ1) is 8.11. The molecule has 0 unspecified atom stereocenters. The van der Waals surface area contributed by atoms with Crippen LogP contribution in [0.25, 0.3) is 6.08 Å². The van der Waals surface area contributed by atoms with Crippen LogP contribution >= 0.6 is 15.9 Å². The van der Waals surface area contributed by atoms with Crippen LogP contribution in [0.4, 0.5) is 0 Å². The van der Waals surface area contributed by atoms with Gasteiger partial charge in [-0.2, -0.15) is 5.10 Å². The molecule has 0 aliphatic heterocycles. The first-order valence-electron chi connectivity index (χ1n) is 6.29. The lowest BCUT2D eigenvalue weighted by Gasteiger charge is -2.20. The van der Waals surface area contributed by atoms with E-state index in [9.17, 15) is 0 Å². The Morgan fingerprint density at radius 1 is 1.47 bits per heavy atom. The van der Waals surface area contributed by atoms with Gasteiger partial charge < -0.3 is 5.73 Å². The molecule has 1 aliphatic rings. The molecule has 1 aliphatic carbocycles. The number of allylic oxidation sites excluding steroid dienone is 1. The fraction of sp³-hybridized carbons (Fsp3) is 0.615. The van der Waals surface area contributed by atoms with Crippen LogP contribution in [-0.2, 0) is 6.54 Å². The molecule has 4 heteroatoms. The van der Waals surface area contributed by atoms with Gasteiger partial charge in [0.05, 0.1) is 15.9 Å². The van der Waals surface area contributed by atoms with Gasteiger partial charge in [-0.3, -0.25) is 4.68 Å². The minimum absolute atomic E-state index is 0.397. The van der Waals surface area contributed by atoms with Crippen molar-refractivity contribution in [3.8, 4) is 0 Å². The van der Waals surface area contributed by atoms with Gasteiger partial charge in [-0.15, -0.1) is 0 Å². The maximum absolute atomic E-state index is 5.93. The highest BCUT2D eigenvalue weighted by atomic mass is 79.9. The topological polar surface area (TPSA) is 43.8 Å². The Kier molecular flexibility index (Phi) is 4.05. The van der Waals surface area contributed by atoms with Gasteiger partial charge in [-0.1, -0.05) is 5.57 Å². The molecule has 0 saturated heterocycles. The average molecular weight is 298 g/mol. The lowest BCUT2D eigenvalue weighted by atomic mass is 9.91. The number of nitrogens with two attached hydrogens (primary N) is 1. The minimum Gasteiger partial charge on any atom is -0.328 e. The van der Waals surface area contributed by atoms with Crippen LogP contribution in [0.1, 0.15) is 44.0 Å². The zero-order valence-corrected chi connectivity index (χ0v) is 12.1. The van der Waals surface area contributed by atoms with Crippen molar-refractivity contribution in [2.24, 2.45) is 5.73 Å². The predicted molar refractivity (Wildman–Crippen MR) is 74.8 cm³/mol. The van der Waals surface area contributed by atoms with Crippen molar-refractivity contribution in [1.29, 1.82) is 0 Å². The van der Waals surface area contributed by atoms with E-state index in [1.165, 1.54) is 11.3 Å². The molecule has 0 amide bonds. The molecule has 3 nitrogen and oxygen atoms in total. The zero-order chi connectivity index (χ0) is 12.4. The molecular formula is C13H20BrN3. The van der Waals surface area contributed by atoms with Crippen molar-refractivity contribution in [3.05, 3.63) is 21.4 Å². The standard InChI is InChI=1S/C13H20BrN3/c1-3-17-12(13(14)9(2)16-17)8-10-4-6-11(15)7-5-10/h8,11H,3-7,15H2,1-2H3. The molecule has 94 valence electrons. The van der Waals surface area contributed by atoms with Crippen LogP contribution in [0.5, 0.6) is 0 Å². The van der Waals surface area contributed by atoms with Crippen molar-refractivity contribution in [3.63, 3.8) is 0 Å². The molecule has 2 N–H and O–H groups in total. The maximum atomic E-state index is 5.93. The van der Waals surface area contributed by atoms with E-state index >= 15 is 0 Å². The number of aromatic nitrogens is 2. The largest absolute Gasteiger partial charge is 0.328 e. The number of hydrogen-bond acceptors (Lipinski definition) is 2. The first kappa shape index (κ1) is 12.8. The molecule has 0 radical (unpaired) electrons. The summed E-state index contributed by atoms with van der Waals surface area (Å²) in [6.07, 6.45) is 6.77. The van der Waals surface area contributed by atoms with Gasteiger partial charge in [0.1, 0.15) is 0 Å². The summed E-state index contributed by atoms with van der Waals surface area (Å²) in [6, 6.07) is 0.397. The predicted octanol–water partition coefficient (Wildman–Crippen LogP) is 3.26. The van der Waals surface area contributed by atoms with Gasteiger partial charge in [0.2, 0.25) is 0 Å². The Bertz CT molecular complexity index is 424. The minimum atomic E-state index is 0.397. The van der Waals surface area contributed by atoms with E-state index in [4.69, 9.17) is 5.73 Å². The van der Waals surface area contributed by atoms with Crippen molar-refractivity contribution in [2.75, 3.05) is 0 Å². The van der Waals surface area contributed by atoms with Gasteiger partial charge in [0.25, 0.3) is 0 Å². The fourth-order valence-electron chi connectivity index (χ4n) is 2.31. The third kappa shape index (κ3) is 2.80. The monoisotopic (exact) mass is 297 g/mol.